The van der Waals surface area contributed by atoms with E-state index in [2.05, 4.69) is 27.4 Å². The Kier molecular flexibility index (Phi) is 9.82. The predicted octanol–water partition coefficient (Wildman–Crippen LogP) is 5.51. The molecule has 0 radical (unpaired) electrons. The van der Waals surface area contributed by atoms with Crippen LogP contribution in [0.15, 0.2) is 24.3 Å². The van der Waals surface area contributed by atoms with Gasteiger partial charge in [0.05, 0.1) is 24.3 Å². The van der Waals surface area contributed by atoms with E-state index >= 15 is 4.39 Å². The van der Waals surface area contributed by atoms with Gasteiger partial charge in [-0.05, 0) is 74.6 Å². The number of nitrogens with one attached hydrogen (secondary N) is 2. The Labute approximate surface area is 313 Å². The van der Waals surface area contributed by atoms with E-state index in [9.17, 15) is 18.8 Å². The zero-order chi connectivity index (χ0) is 37.6. The van der Waals surface area contributed by atoms with Gasteiger partial charge in [-0.2, -0.15) is 9.97 Å². The molecule has 6 heterocycles. The average molecular weight is 746 g/mol. The number of ether oxygens (including phenoxy) is 2. The fourth-order valence-electron chi connectivity index (χ4n) is 9.44. The van der Waals surface area contributed by atoms with Crippen molar-refractivity contribution in [1.82, 2.24) is 25.5 Å². The van der Waals surface area contributed by atoms with E-state index in [4.69, 9.17) is 19.4 Å². The molecule has 1 spiro atoms. The molecule has 4 fully saturated rings. The van der Waals surface area contributed by atoms with Gasteiger partial charge in [-0.15, -0.1) is 0 Å². The van der Waals surface area contributed by atoms with Crippen molar-refractivity contribution >= 4 is 40.2 Å². The lowest BCUT2D eigenvalue weighted by molar-refractivity contribution is -0.134. The summed E-state index contributed by atoms with van der Waals surface area (Å²) >= 11 is 0. The first-order valence-electron chi connectivity index (χ1n) is 19.6. The lowest BCUT2D eigenvalue weighted by atomic mass is 9.88. The van der Waals surface area contributed by atoms with Crippen LogP contribution in [0.25, 0.3) is 10.8 Å². The summed E-state index contributed by atoms with van der Waals surface area (Å²) in [7, 11) is 0. The van der Waals surface area contributed by atoms with Gasteiger partial charge in [0.2, 0.25) is 0 Å². The molecule has 0 unspecified atom stereocenters. The average Bonchev–Trinajstić information content (AvgIpc) is 3.77. The third-order valence-corrected chi connectivity index (χ3v) is 12.1. The van der Waals surface area contributed by atoms with Crippen LogP contribution in [0.2, 0.25) is 0 Å². The SMILES string of the molecule is CCCCCC(=O)Oc1cc(N2CCc3c(nc(OC[C@@]45CCCN4C[C@H](F)C5)nc3N3CCC[C@]4(C3)NC(=O)NC4=O)C2)c2c(CC)c(F)ccc2c1. The van der Waals surface area contributed by atoms with Gasteiger partial charge >= 0.3 is 18.0 Å². The number of carbonyl (C=O) groups excluding carboxylic acids is 3. The zero-order valence-electron chi connectivity index (χ0n) is 31.1. The minimum Gasteiger partial charge on any atom is -0.461 e. The van der Waals surface area contributed by atoms with Crippen molar-refractivity contribution in [3.63, 3.8) is 0 Å². The van der Waals surface area contributed by atoms with Crippen molar-refractivity contribution in [1.29, 1.82) is 0 Å². The monoisotopic (exact) mass is 745 g/mol. The van der Waals surface area contributed by atoms with Crippen LogP contribution in [0.5, 0.6) is 11.8 Å². The first-order chi connectivity index (χ1) is 26.1. The Balaban J connectivity index is 1.16. The molecule has 1 aromatic heterocycles. The first-order valence-corrected chi connectivity index (χ1v) is 19.6. The number of unbranched alkanes of at least 4 members (excludes halogenated alkanes) is 2. The number of halogens is 2. The summed E-state index contributed by atoms with van der Waals surface area (Å²) in [6, 6.07) is 6.50. The fourth-order valence-corrected chi connectivity index (χ4v) is 9.44. The van der Waals surface area contributed by atoms with Crippen LogP contribution in [0.3, 0.4) is 0 Å². The summed E-state index contributed by atoms with van der Waals surface area (Å²) < 4.78 is 42.3. The van der Waals surface area contributed by atoms with Crippen LogP contribution < -0.4 is 29.9 Å². The summed E-state index contributed by atoms with van der Waals surface area (Å²) in [6.07, 6.45) is 6.50. The summed E-state index contributed by atoms with van der Waals surface area (Å²) in [5.41, 5.74) is 1.50. The van der Waals surface area contributed by atoms with E-state index in [0.29, 0.717) is 81.8 Å². The number of piperidine rings is 1. The number of esters is 1. The first kappa shape index (κ1) is 36.4. The number of benzene rings is 2. The van der Waals surface area contributed by atoms with Crippen molar-refractivity contribution in [2.45, 2.75) is 108 Å². The van der Waals surface area contributed by atoms with Gasteiger partial charge in [-0.1, -0.05) is 32.8 Å². The molecule has 12 nitrogen and oxygen atoms in total. The molecule has 8 rings (SSSR count). The van der Waals surface area contributed by atoms with Crippen molar-refractivity contribution in [2.24, 2.45) is 0 Å². The Morgan fingerprint density at radius 1 is 1.06 bits per heavy atom. The Morgan fingerprint density at radius 3 is 2.70 bits per heavy atom. The van der Waals surface area contributed by atoms with Gasteiger partial charge in [-0.3, -0.25) is 19.8 Å². The normalized spacial score (nSPS) is 25.2. The highest BCUT2D eigenvalue weighted by molar-refractivity contribution is 6.07. The standard InChI is InChI=1S/C40H49F2N7O5/c1-3-5-6-9-33(50)54-27-18-25-10-11-30(42)28(4-2)34(25)32(19-27)47-17-12-29-31(22-47)43-38(53-24-39-13-7-16-49(39)21-26(41)20-39)44-35(29)48-15-8-14-40(23-48)36(51)45-37(52)46-40/h10-11,18-19,26H,3-9,12-17,20-24H2,1-2H3,(H2,45,46,51,52)/t26-,39+,40-/m1/s1. The molecule has 288 valence electrons. The molecule has 0 bridgehead atoms. The molecule has 54 heavy (non-hydrogen) atoms. The highest BCUT2D eigenvalue weighted by Crippen LogP contribution is 2.42. The molecule has 5 aliphatic rings. The maximum Gasteiger partial charge on any atom is 0.322 e. The number of fused-ring (bicyclic) bond motifs is 3. The predicted molar refractivity (Wildman–Crippen MR) is 199 cm³/mol. The summed E-state index contributed by atoms with van der Waals surface area (Å²) in [5, 5.41) is 6.81. The largest absolute Gasteiger partial charge is 0.461 e. The van der Waals surface area contributed by atoms with Crippen LogP contribution in [-0.4, -0.2) is 89.4 Å². The van der Waals surface area contributed by atoms with Gasteiger partial charge < -0.3 is 24.6 Å². The summed E-state index contributed by atoms with van der Waals surface area (Å²) in [4.78, 5) is 54.5. The molecule has 2 aromatic carbocycles. The Bertz CT molecular complexity index is 1980. The lowest BCUT2D eigenvalue weighted by Crippen LogP contribution is -2.59. The molecule has 3 atom stereocenters. The molecule has 2 N–H and O–H groups in total. The number of amides is 3. The minimum absolute atomic E-state index is 0.175. The highest BCUT2D eigenvalue weighted by atomic mass is 19.1. The molecular formula is C40H49F2N7O5. The van der Waals surface area contributed by atoms with Crippen LogP contribution in [0, 0.1) is 5.82 Å². The van der Waals surface area contributed by atoms with Crippen molar-refractivity contribution < 1.29 is 32.6 Å². The number of imide groups is 1. The van der Waals surface area contributed by atoms with E-state index in [1.165, 1.54) is 6.07 Å². The lowest BCUT2D eigenvalue weighted by Gasteiger charge is -2.40. The number of rotatable bonds is 11. The van der Waals surface area contributed by atoms with E-state index in [1.54, 1.807) is 12.1 Å². The molecule has 4 saturated heterocycles. The molecule has 14 heteroatoms. The topological polar surface area (TPSA) is 129 Å². The fraction of sp³-hybridized carbons (Fsp3) is 0.575. The number of urea groups is 1. The van der Waals surface area contributed by atoms with Gasteiger partial charge in [0.25, 0.3) is 5.91 Å². The second kappa shape index (κ2) is 14.6. The number of hydrogen-bond acceptors (Lipinski definition) is 10. The smallest absolute Gasteiger partial charge is 0.322 e. The second-order valence-corrected chi connectivity index (χ2v) is 15.7. The zero-order valence-corrected chi connectivity index (χ0v) is 31.1. The van der Waals surface area contributed by atoms with E-state index < -0.39 is 23.3 Å². The number of alkyl halides is 1. The van der Waals surface area contributed by atoms with Gasteiger partial charge in [-0.25, -0.2) is 13.6 Å². The third-order valence-electron chi connectivity index (χ3n) is 12.1. The van der Waals surface area contributed by atoms with Gasteiger partial charge in [0.15, 0.2) is 0 Å². The molecule has 3 aromatic rings. The number of carbonyl (C=O) groups is 3. The number of aryl methyl sites for hydroxylation is 1. The molecule has 0 aliphatic carbocycles. The third kappa shape index (κ3) is 6.70. The highest BCUT2D eigenvalue weighted by Gasteiger charge is 2.51. The summed E-state index contributed by atoms with van der Waals surface area (Å²) in [6.45, 7) is 7.24. The maximum atomic E-state index is 15.4. The van der Waals surface area contributed by atoms with Crippen molar-refractivity contribution in [2.75, 3.05) is 49.1 Å². The number of anilines is 2. The van der Waals surface area contributed by atoms with Crippen LogP contribution in [0.4, 0.5) is 25.1 Å². The maximum absolute atomic E-state index is 15.4. The molecule has 5 aliphatic heterocycles. The number of aromatic nitrogens is 2. The number of hydrogen-bond donors (Lipinski definition) is 2. The molecule has 0 saturated carbocycles. The summed E-state index contributed by atoms with van der Waals surface area (Å²) in [5.74, 6) is 0.116. The Hall–Kier alpha value is -4.59. The number of nitrogens with zero attached hydrogens (tertiary/aromatic N) is 5. The van der Waals surface area contributed by atoms with Crippen LogP contribution in [-0.2, 0) is 29.0 Å². The van der Waals surface area contributed by atoms with Crippen molar-refractivity contribution in [3.8, 4) is 11.8 Å². The molecular weight excluding hydrogens is 696 g/mol. The minimum atomic E-state index is -1.06. The van der Waals surface area contributed by atoms with Crippen LogP contribution in [0.1, 0.15) is 88.5 Å². The quantitative estimate of drug-likeness (QED) is 0.112. The van der Waals surface area contributed by atoms with E-state index in [1.807, 2.05) is 17.9 Å². The van der Waals surface area contributed by atoms with Gasteiger partial charge in [0.1, 0.15) is 35.7 Å². The second-order valence-electron chi connectivity index (χ2n) is 15.7. The molecule has 3 amide bonds. The Morgan fingerprint density at radius 2 is 1.91 bits per heavy atom. The van der Waals surface area contributed by atoms with E-state index in [-0.39, 0.29) is 36.9 Å². The van der Waals surface area contributed by atoms with E-state index in [0.717, 1.165) is 66.4 Å². The van der Waals surface area contributed by atoms with Gasteiger partial charge in [0, 0.05) is 55.2 Å². The van der Waals surface area contributed by atoms with Crippen LogP contribution >= 0.6 is 0 Å². The van der Waals surface area contributed by atoms with Crippen molar-refractivity contribution in [3.05, 3.63) is 46.9 Å².